The third kappa shape index (κ3) is 4.71. The molecule has 1 unspecified atom stereocenters. The summed E-state index contributed by atoms with van der Waals surface area (Å²) in [4.78, 5) is 18.4. The van der Waals surface area contributed by atoms with E-state index in [0.717, 1.165) is 24.0 Å². The van der Waals surface area contributed by atoms with E-state index in [9.17, 15) is 18.0 Å². The summed E-state index contributed by atoms with van der Waals surface area (Å²) < 4.78 is 41.3. The van der Waals surface area contributed by atoms with Crippen LogP contribution in [0.5, 0.6) is 5.88 Å². The number of aryl methyl sites for hydroxylation is 1. The van der Waals surface area contributed by atoms with Crippen molar-refractivity contribution in [1.82, 2.24) is 9.88 Å². The van der Waals surface area contributed by atoms with Crippen LogP contribution in [-0.2, 0) is 0 Å². The highest BCUT2D eigenvalue weighted by Crippen LogP contribution is 2.34. The summed E-state index contributed by atoms with van der Waals surface area (Å²) in [7, 11) is 0. The second-order valence-corrected chi connectivity index (χ2v) is 6.89. The smallest absolute Gasteiger partial charge is 0.422 e. The molecule has 2 aromatic rings. The Morgan fingerprint density at radius 2 is 2.04 bits per heavy atom. The van der Waals surface area contributed by atoms with Gasteiger partial charge < -0.3 is 9.64 Å². The van der Waals surface area contributed by atoms with E-state index in [2.05, 4.69) is 9.72 Å². The Hall–Kier alpha value is -2.28. The standard InChI is InChI=1S/C19H18ClF3N2O2/c1-12-4-6-13(7-5-12)16-3-2-8-25(16)18(26)14-9-15(20)17(24-10-14)27-11-19(21,22)23/h4-7,9-10,16H,2-3,8,11H2,1H3. The van der Waals surface area contributed by atoms with E-state index in [4.69, 9.17) is 11.6 Å². The molecule has 8 heteroatoms. The van der Waals surface area contributed by atoms with Crippen molar-refractivity contribution in [2.45, 2.75) is 32.0 Å². The molecule has 1 saturated heterocycles. The van der Waals surface area contributed by atoms with Gasteiger partial charge in [-0.15, -0.1) is 0 Å². The molecule has 1 aliphatic heterocycles. The second kappa shape index (κ2) is 7.76. The maximum Gasteiger partial charge on any atom is 0.422 e. The van der Waals surface area contributed by atoms with Crippen molar-refractivity contribution >= 4 is 17.5 Å². The SMILES string of the molecule is Cc1ccc(C2CCCN2C(=O)c2cnc(OCC(F)(F)F)c(Cl)c2)cc1. The Morgan fingerprint density at radius 3 is 2.67 bits per heavy atom. The molecule has 0 aliphatic carbocycles. The number of amides is 1. The van der Waals surface area contributed by atoms with Crippen LogP contribution in [0.15, 0.2) is 36.5 Å². The number of carbonyl (C=O) groups is 1. The van der Waals surface area contributed by atoms with Gasteiger partial charge in [0.2, 0.25) is 5.88 Å². The number of likely N-dealkylation sites (tertiary alicyclic amines) is 1. The van der Waals surface area contributed by atoms with Gasteiger partial charge in [-0.1, -0.05) is 41.4 Å². The molecule has 144 valence electrons. The van der Waals surface area contributed by atoms with Gasteiger partial charge in [0.15, 0.2) is 6.61 Å². The first-order valence-electron chi connectivity index (χ1n) is 8.47. The summed E-state index contributed by atoms with van der Waals surface area (Å²) in [6.07, 6.45) is -1.57. The maximum atomic E-state index is 12.9. The Morgan fingerprint density at radius 1 is 1.33 bits per heavy atom. The number of alkyl halides is 3. The Bertz CT molecular complexity index is 825. The van der Waals surface area contributed by atoms with E-state index in [1.807, 2.05) is 31.2 Å². The number of carbonyl (C=O) groups excluding carboxylic acids is 1. The van der Waals surface area contributed by atoms with Crippen LogP contribution in [0, 0.1) is 6.92 Å². The Kier molecular flexibility index (Phi) is 5.60. The lowest BCUT2D eigenvalue weighted by Gasteiger charge is -2.25. The normalized spacial score (nSPS) is 17.2. The lowest BCUT2D eigenvalue weighted by atomic mass is 10.0. The van der Waals surface area contributed by atoms with Crippen LogP contribution in [0.1, 0.15) is 40.4 Å². The predicted octanol–water partition coefficient (Wildman–Crippen LogP) is 4.96. The van der Waals surface area contributed by atoms with Gasteiger partial charge in [0, 0.05) is 12.7 Å². The molecule has 4 nitrogen and oxygen atoms in total. The van der Waals surface area contributed by atoms with E-state index in [0.29, 0.717) is 6.54 Å². The average molecular weight is 399 g/mol. The summed E-state index contributed by atoms with van der Waals surface area (Å²) in [5, 5.41) is -0.129. The van der Waals surface area contributed by atoms with Gasteiger partial charge >= 0.3 is 6.18 Å². The fourth-order valence-corrected chi connectivity index (χ4v) is 3.33. The second-order valence-electron chi connectivity index (χ2n) is 6.48. The van der Waals surface area contributed by atoms with Crippen molar-refractivity contribution < 1.29 is 22.7 Å². The zero-order chi connectivity index (χ0) is 19.6. The number of rotatable bonds is 4. The summed E-state index contributed by atoms with van der Waals surface area (Å²) in [6.45, 7) is 1.10. The number of ether oxygens (including phenoxy) is 1. The van der Waals surface area contributed by atoms with Crippen LogP contribution in [-0.4, -0.2) is 35.1 Å². The molecule has 1 fully saturated rings. The van der Waals surface area contributed by atoms with Gasteiger partial charge in [0.05, 0.1) is 11.6 Å². The van der Waals surface area contributed by atoms with Crippen LogP contribution in [0.3, 0.4) is 0 Å². The van der Waals surface area contributed by atoms with Crippen LogP contribution in [0.4, 0.5) is 13.2 Å². The fraction of sp³-hybridized carbons (Fsp3) is 0.368. The molecule has 27 heavy (non-hydrogen) atoms. The molecular weight excluding hydrogens is 381 g/mol. The largest absolute Gasteiger partial charge is 0.467 e. The Labute approximate surface area is 159 Å². The topological polar surface area (TPSA) is 42.4 Å². The van der Waals surface area contributed by atoms with Crippen molar-refractivity contribution in [2.75, 3.05) is 13.2 Å². The van der Waals surface area contributed by atoms with E-state index in [1.54, 1.807) is 4.90 Å². The number of pyridine rings is 1. The minimum atomic E-state index is -4.49. The molecule has 0 N–H and O–H groups in total. The minimum Gasteiger partial charge on any atom is -0.467 e. The number of nitrogens with zero attached hydrogens (tertiary/aromatic N) is 2. The molecule has 0 saturated carbocycles. The summed E-state index contributed by atoms with van der Waals surface area (Å²) in [5.41, 5.74) is 2.41. The highest BCUT2D eigenvalue weighted by molar-refractivity contribution is 6.32. The first-order valence-corrected chi connectivity index (χ1v) is 8.85. The molecule has 0 bridgehead atoms. The molecule has 1 atom stereocenters. The van der Waals surface area contributed by atoms with Gasteiger partial charge in [-0.3, -0.25) is 4.79 Å². The third-order valence-corrected chi connectivity index (χ3v) is 4.67. The lowest BCUT2D eigenvalue weighted by molar-refractivity contribution is -0.154. The van der Waals surface area contributed by atoms with Gasteiger partial charge in [-0.05, 0) is 31.4 Å². The zero-order valence-corrected chi connectivity index (χ0v) is 15.3. The van der Waals surface area contributed by atoms with Crippen LogP contribution in [0.2, 0.25) is 5.02 Å². The highest BCUT2D eigenvalue weighted by atomic mass is 35.5. The van der Waals surface area contributed by atoms with Crippen molar-refractivity contribution in [3.63, 3.8) is 0 Å². The number of hydrogen-bond donors (Lipinski definition) is 0. The molecule has 1 aromatic heterocycles. The van der Waals surface area contributed by atoms with E-state index < -0.39 is 12.8 Å². The van der Waals surface area contributed by atoms with Crippen LogP contribution in [0.25, 0.3) is 0 Å². The molecule has 0 spiro atoms. The van der Waals surface area contributed by atoms with Crippen LogP contribution < -0.4 is 4.74 Å². The molecule has 2 heterocycles. The molecular formula is C19H18ClF3N2O2. The van der Waals surface area contributed by atoms with Gasteiger partial charge in [0.1, 0.15) is 5.02 Å². The molecule has 1 aromatic carbocycles. The molecule has 1 amide bonds. The molecule has 0 radical (unpaired) electrons. The molecule has 3 rings (SSSR count). The molecule has 1 aliphatic rings. The number of halogens is 4. The monoisotopic (exact) mass is 398 g/mol. The number of benzene rings is 1. The first-order chi connectivity index (χ1) is 12.7. The van der Waals surface area contributed by atoms with Crippen molar-refractivity contribution in [1.29, 1.82) is 0 Å². The number of aromatic nitrogens is 1. The summed E-state index contributed by atoms with van der Waals surface area (Å²) in [6, 6.07) is 9.27. The van der Waals surface area contributed by atoms with Crippen molar-refractivity contribution in [3.8, 4) is 5.88 Å². The van der Waals surface area contributed by atoms with Crippen molar-refractivity contribution in [3.05, 3.63) is 58.2 Å². The van der Waals surface area contributed by atoms with E-state index >= 15 is 0 Å². The van der Waals surface area contributed by atoms with E-state index in [1.165, 1.54) is 12.3 Å². The van der Waals surface area contributed by atoms with Crippen LogP contribution >= 0.6 is 11.6 Å². The lowest BCUT2D eigenvalue weighted by Crippen LogP contribution is -2.30. The number of hydrogen-bond acceptors (Lipinski definition) is 3. The quantitative estimate of drug-likeness (QED) is 0.730. The first kappa shape index (κ1) is 19.5. The minimum absolute atomic E-state index is 0.0435. The maximum absolute atomic E-state index is 12.9. The predicted molar refractivity (Wildman–Crippen MR) is 95.0 cm³/mol. The van der Waals surface area contributed by atoms with Crippen molar-refractivity contribution in [2.24, 2.45) is 0 Å². The van der Waals surface area contributed by atoms with E-state index in [-0.39, 0.29) is 28.4 Å². The zero-order valence-electron chi connectivity index (χ0n) is 14.6. The van der Waals surface area contributed by atoms with Gasteiger partial charge in [0.25, 0.3) is 5.91 Å². The highest BCUT2D eigenvalue weighted by Gasteiger charge is 2.32. The Balaban J connectivity index is 1.76. The van der Waals surface area contributed by atoms with Gasteiger partial charge in [-0.2, -0.15) is 13.2 Å². The fourth-order valence-electron chi connectivity index (χ4n) is 3.11. The average Bonchev–Trinajstić information content (AvgIpc) is 3.09. The third-order valence-electron chi connectivity index (χ3n) is 4.40. The van der Waals surface area contributed by atoms with Gasteiger partial charge in [-0.25, -0.2) is 4.98 Å². The summed E-state index contributed by atoms with van der Waals surface area (Å²) in [5.74, 6) is -0.600. The summed E-state index contributed by atoms with van der Waals surface area (Å²) >= 11 is 5.95.